The first-order chi connectivity index (χ1) is 11.3. The maximum absolute atomic E-state index is 12.6. The van der Waals surface area contributed by atoms with E-state index in [0.29, 0.717) is 10.2 Å². The number of rotatable bonds is 4. The van der Waals surface area contributed by atoms with Crippen molar-refractivity contribution in [2.75, 3.05) is 7.11 Å². The van der Waals surface area contributed by atoms with E-state index in [-0.39, 0.29) is 11.1 Å². The molecule has 1 N–H and O–H groups in total. The second kappa shape index (κ2) is 7.48. The minimum absolute atomic E-state index is 0.214. The van der Waals surface area contributed by atoms with E-state index < -0.39 is 17.6 Å². The van der Waals surface area contributed by atoms with Gasteiger partial charge >= 0.3 is 6.18 Å². The zero-order valence-corrected chi connectivity index (χ0v) is 14.0. The van der Waals surface area contributed by atoms with Gasteiger partial charge in [-0.05, 0) is 35.9 Å². The Kier molecular flexibility index (Phi) is 5.61. The molecule has 0 bridgehead atoms. The molecule has 0 saturated carbocycles. The number of hydrogen-bond donors (Lipinski definition) is 1. The molecule has 0 radical (unpaired) electrons. The van der Waals surface area contributed by atoms with E-state index in [1.54, 1.807) is 18.2 Å². The normalized spacial score (nSPS) is 11.5. The highest BCUT2D eigenvalue weighted by atomic mass is 79.9. The van der Waals surface area contributed by atoms with Crippen molar-refractivity contribution in [1.29, 1.82) is 0 Å². The summed E-state index contributed by atoms with van der Waals surface area (Å²) >= 11 is 3.24. The molecule has 126 valence electrons. The summed E-state index contributed by atoms with van der Waals surface area (Å²) in [6, 6.07) is 9.48. The Labute approximate surface area is 144 Å². The van der Waals surface area contributed by atoms with Gasteiger partial charge in [0.15, 0.2) is 0 Å². The molecule has 0 fully saturated rings. The number of amides is 1. The van der Waals surface area contributed by atoms with Crippen molar-refractivity contribution in [3.8, 4) is 5.75 Å². The summed E-state index contributed by atoms with van der Waals surface area (Å²) < 4.78 is 43.6. The Morgan fingerprint density at radius 2 is 2.00 bits per heavy atom. The lowest BCUT2D eigenvalue weighted by molar-refractivity contribution is -0.137. The second-order valence-corrected chi connectivity index (χ2v) is 5.58. The van der Waals surface area contributed by atoms with E-state index in [9.17, 15) is 18.0 Å². The van der Waals surface area contributed by atoms with Crippen LogP contribution in [-0.4, -0.2) is 19.2 Å². The maximum Gasteiger partial charge on any atom is 0.416 e. The Hall–Kier alpha value is -2.35. The number of halogens is 4. The van der Waals surface area contributed by atoms with Crippen LogP contribution in [-0.2, 0) is 6.18 Å². The number of methoxy groups -OCH3 is 1. The first kappa shape index (κ1) is 18.0. The van der Waals surface area contributed by atoms with Gasteiger partial charge in [-0.1, -0.05) is 28.1 Å². The summed E-state index contributed by atoms with van der Waals surface area (Å²) in [4.78, 5) is 12.1. The number of hydrogen-bond acceptors (Lipinski definition) is 3. The minimum Gasteiger partial charge on any atom is -0.496 e. The van der Waals surface area contributed by atoms with Crippen molar-refractivity contribution in [1.82, 2.24) is 5.43 Å². The Bertz CT molecular complexity index is 776. The molecule has 24 heavy (non-hydrogen) atoms. The molecule has 0 heterocycles. The molecular formula is C16H12BrF3N2O2. The number of carbonyl (C=O) groups is 1. The molecule has 0 aliphatic carbocycles. The molecule has 1 amide bonds. The summed E-state index contributed by atoms with van der Waals surface area (Å²) in [6.45, 7) is 0. The molecular weight excluding hydrogens is 389 g/mol. The van der Waals surface area contributed by atoms with Gasteiger partial charge in [0.2, 0.25) is 0 Å². The van der Waals surface area contributed by atoms with E-state index in [1.165, 1.54) is 19.2 Å². The standard InChI is InChI=1S/C16H12BrF3N2O2/c1-24-14-6-5-12(17)8-13(14)15(23)22-21-9-10-3-2-4-11(7-10)16(18,19)20/h2-9H,1H3,(H,22,23). The summed E-state index contributed by atoms with van der Waals surface area (Å²) in [5.41, 5.74) is 1.93. The zero-order chi connectivity index (χ0) is 17.7. The molecule has 0 unspecified atom stereocenters. The SMILES string of the molecule is COc1ccc(Br)cc1C(=O)NN=Cc1cccc(C(F)(F)F)c1. The Morgan fingerprint density at radius 3 is 2.67 bits per heavy atom. The smallest absolute Gasteiger partial charge is 0.416 e. The number of hydrazone groups is 1. The van der Waals surface area contributed by atoms with Crippen LogP contribution in [0.25, 0.3) is 0 Å². The van der Waals surface area contributed by atoms with Crippen molar-refractivity contribution < 1.29 is 22.7 Å². The number of carbonyl (C=O) groups excluding carboxylic acids is 1. The lowest BCUT2D eigenvalue weighted by Gasteiger charge is -2.08. The molecule has 0 aliphatic heterocycles. The third kappa shape index (κ3) is 4.58. The van der Waals surface area contributed by atoms with E-state index in [0.717, 1.165) is 18.3 Å². The summed E-state index contributed by atoms with van der Waals surface area (Å²) in [6.07, 6.45) is -3.30. The minimum atomic E-state index is -4.43. The molecule has 2 aromatic carbocycles. The van der Waals surface area contributed by atoms with Crippen LogP contribution in [0.1, 0.15) is 21.5 Å². The van der Waals surface area contributed by atoms with Gasteiger partial charge in [0, 0.05) is 4.47 Å². The summed E-state index contributed by atoms with van der Waals surface area (Å²) in [5.74, 6) is -0.193. The average Bonchev–Trinajstić information content (AvgIpc) is 2.54. The second-order valence-electron chi connectivity index (χ2n) is 4.67. The van der Waals surface area contributed by atoms with Gasteiger partial charge in [-0.2, -0.15) is 18.3 Å². The first-order valence-corrected chi connectivity index (χ1v) is 7.45. The average molecular weight is 401 g/mol. The first-order valence-electron chi connectivity index (χ1n) is 6.65. The molecule has 0 saturated heterocycles. The van der Waals surface area contributed by atoms with Gasteiger partial charge in [0.05, 0.1) is 24.5 Å². The predicted octanol–water partition coefficient (Wildman–Crippen LogP) is 4.24. The van der Waals surface area contributed by atoms with Gasteiger partial charge in [0.25, 0.3) is 5.91 Å². The van der Waals surface area contributed by atoms with Crippen LogP contribution in [0, 0.1) is 0 Å². The quantitative estimate of drug-likeness (QED) is 0.616. The van der Waals surface area contributed by atoms with E-state index in [1.807, 2.05) is 0 Å². The Balaban J connectivity index is 2.12. The number of benzene rings is 2. The lowest BCUT2D eigenvalue weighted by atomic mass is 10.1. The lowest BCUT2D eigenvalue weighted by Crippen LogP contribution is -2.18. The fourth-order valence-corrected chi connectivity index (χ4v) is 2.24. The number of nitrogens with one attached hydrogen (secondary N) is 1. The number of alkyl halides is 3. The molecule has 8 heteroatoms. The maximum atomic E-state index is 12.6. The highest BCUT2D eigenvalue weighted by Gasteiger charge is 2.30. The molecule has 0 aromatic heterocycles. The molecule has 2 aromatic rings. The fraction of sp³-hybridized carbons (Fsp3) is 0.125. The number of ether oxygens (including phenoxy) is 1. The molecule has 0 spiro atoms. The molecule has 2 rings (SSSR count). The highest BCUT2D eigenvalue weighted by molar-refractivity contribution is 9.10. The van der Waals surface area contributed by atoms with Crippen LogP contribution in [0.4, 0.5) is 13.2 Å². The van der Waals surface area contributed by atoms with Gasteiger partial charge < -0.3 is 4.74 Å². The highest BCUT2D eigenvalue weighted by Crippen LogP contribution is 2.29. The van der Waals surface area contributed by atoms with Gasteiger partial charge in [-0.25, -0.2) is 5.43 Å². The van der Waals surface area contributed by atoms with Crippen LogP contribution in [0.15, 0.2) is 52.0 Å². The topological polar surface area (TPSA) is 50.7 Å². The van der Waals surface area contributed by atoms with Gasteiger partial charge in [-0.3, -0.25) is 4.79 Å². The number of nitrogens with zero attached hydrogens (tertiary/aromatic N) is 1. The molecule has 0 atom stereocenters. The van der Waals surface area contributed by atoms with E-state index in [2.05, 4.69) is 26.5 Å². The molecule has 4 nitrogen and oxygen atoms in total. The predicted molar refractivity (Wildman–Crippen MR) is 87.2 cm³/mol. The third-order valence-electron chi connectivity index (χ3n) is 3.00. The molecule has 0 aliphatic rings. The van der Waals surface area contributed by atoms with Crippen LogP contribution < -0.4 is 10.2 Å². The van der Waals surface area contributed by atoms with Crippen molar-refractivity contribution in [2.24, 2.45) is 5.10 Å². The van der Waals surface area contributed by atoms with Crippen molar-refractivity contribution >= 4 is 28.1 Å². The largest absolute Gasteiger partial charge is 0.496 e. The summed E-state index contributed by atoms with van der Waals surface area (Å²) in [5, 5.41) is 3.68. The van der Waals surface area contributed by atoms with Crippen molar-refractivity contribution in [3.63, 3.8) is 0 Å². The Morgan fingerprint density at radius 1 is 1.25 bits per heavy atom. The van der Waals surface area contributed by atoms with Gasteiger partial charge in [0.1, 0.15) is 5.75 Å². The fourth-order valence-electron chi connectivity index (χ4n) is 1.88. The van der Waals surface area contributed by atoms with Crippen molar-refractivity contribution in [2.45, 2.75) is 6.18 Å². The van der Waals surface area contributed by atoms with Crippen molar-refractivity contribution in [3.05, 3.63) is 63.6 Å². The van der Waals surface area contributed by atoms with E-state index in [4.69, 9.17) is 4.74 Å². The van der Waals surface area contributed by atoms with E-state index >= 15 is 0 Å². The summed E-state index contributed by atoms with van der Waals surface area (Å²) in [7, 11) is 1.42. The van der Waals surface area contributed by atoms with Crippen LogP contribution in [0.5, 0.6) is 5.75 Å². The van der Waals surface area contributed by atoms with Crippen LogP contribution >= 0.6 is 15.9 Å². The monoisotopic (exact) mass is 400 g/mol. The third-order valence-corrected chi connectivity index (χ3v) is 3.49. The van der Waals surface area contributed by atoms with Crippen LogP contribution in [0.2, 0.25) is 0 Å². The zero-order valence-electron chi connectivity index (χ0n) is 12.4. The van der Waals surface area contributed by atoms with Gasteiger partial charge in [-0.15, -0.1) is 0 Å². The van der Waals surface area contributed by atoms with Crippen LogP contribution in [0.3, 0.4) is 0 Å².